The summed E-state index contributed by atoms with van der Waals surface area (Å²) in [6.45, 7) is 9.19. The van der Waals surface area contributed by atoms with Gasteiger partial charge in [-0.25, -0.2) is 0 Å². The van der Waals surface area contributed by atoms with Crippen molar-refractivity contribution in [3.8, 4) is 0 Å². The standard InChI is InChI=1S/C16H31N3O2.ClH/c1-16(2,3)15(21)19-10-5-7-14(20)18-11-8-13-6-4-9-17-12-13;/h13,17H,4-12H2,1-3H3,(H,18,20)(H,19,21);1H. The zero-order valence-corrected chi connectivity index (χ0v) is 15.0. The van der Waals surface area contributed by atoms with E-state index >= 15 is 0 Å². The average molecular weight is 334 g/mol. The van der Waals surface area contributed by atoms with Crippen LogP contribution in [0.4, 0.5) is 0 Å². The molecule has 0 aromatic heterocycles. The number of piperidine rings is 1. The highest BCUT2D eigenvalue weighted by molar-refractivity contribution is 5.85. The minimum absolute atomic E-state index is 0. The summed E-state index contributed by atoms with van der Waals surface area (Å²) < 4.78 is 0. The fourth-order valence-electron chi connectivity index (χ4n) is 2.39. The maximum Gasteiger partial charge on any atom is 0.225 e. The lowest BCUT2D eigenvalue weighted by Crippen LogP contribution is -2.36. The molecule has 0 aliphatic carbocycles. The summed E-state index contributed by atoms with van der Waals surface area (Å²) in [5, 5.41) is 9.21. The van der Waals surface area contributed by atoms with Crippen molar-refractivity contribution in [3.05, 3.63) is 0 Å². The molecule has 22 heavy (non-hydrogen) atoms. The molecule has 1 aliphatic rings. The Morgan fingerprint density at radius 3 is 2.50 bits per heavy atom. The van der Waals surface area contributed by atoms with Crippen LogP contribution in [-0.2, 0) is 9.59 Å². The van der Waals surface area contributed by atoms with E-state index in [2.05, 4.69) is 16.0 Å². The molecule has 130 valence electrons. The van der Waals surface area contributed by atoms with Gasteiger partial charge in [-0.15, -0.1) is 12.4 Å². The van der Waals surface area contributed by atoms with Crippen LogP contribution in [0, 0.1) is 11.3 Å². The number of hydrogen-bond donors (Lipinski definition) is 3. The van der Waals surface area contributed by atoms with Crippen LogP contribution in [0.25, 0.3) is 0 Å². The maximum absolute atomic E-state index is 11.7. The van der Waals surface area contributed by atoms with E-state index in [9.17, 15) is 9.59 Å². The minimum Gasteiger partial charge on any atom is -0.356 e. The van der Waals surface area contributed by atoms with Crippen LogP contribution in [0.5, 0.6) is 0 Å². The number of amides is 2. The molecule has 1 heterocycles. The summed E-state index contributed by atoms with van der Waals surface area (Å²) in [5.74, 6) is 0.821. The van der Waals surface area contributed by atoms with E-state index in [0.29, 0.717) is 25.3 Å². The average Bonchev–Trinajstić information content (AvgIpc) is 2.43. The van der Waals surface area contributed by atoms with Crippen LogP contribution in [0.2, 0.25) is 0 Å². The predicted octanol–water partition coefficient (Wildman–Crippen LogP) is 1.86. The van der Waals surface area contributed by atoms with E-state index in [0.717, 1.165) is 26.1 Å². The molecule has 0 bridgehead atoms. The molecule has 1 fully saturated rings. The largest absolute Gasteiger partial charge is 0.356 e. The molecule has 6 heteroatoms. The van der Waals surface area contributed by atoms with Crippen molar-refractivity contribution in [2.45, 2.75) is 52.9 Å². The molecule has 0 saturated carbocycles. The molecule has 1 rings (SSSR count). The van der Waals surface area contributed by atoms with E-state index in [1.54, 1.807) is 0 Å². The zero-order chi connectivity index (χ0) is 15.7. The third kappa shape index (κ3) is 9.26. The lowest BCUT2D eigenvalue weighted by atomic mass is 9.96. The molecular formula is C16H32ClN3O2. The summed E-state index contributed by atoms with van der Waals surface area (Å²) in [6.07, 6.45) is 4.74. The Kier molecular flexibility index (Phi) is 10.4. The third-order valence-electron chi connectivity index (χ3n) is 3.82. The van der Waals surface area contributed by atoms with Gasteiger partial charge in [-0.3, -0.25) is 9.59 Å². The van der Waals surface area contributed by atoms with Gasteiger partial charge in [0.2, 0.25) is 11.8 Å². The number of carbonyl (C=O) groups excluding carboxylic acids is 2. The van der Waals surface area contributed by atoms with Gasteiger partial charge < -0.3 is 16.0 Å². The summed E-state index contributed by atoms with van der Waals surface area (Å²) in [7, 11) is 0. The summed E-state index contributed by atoms with van der Waals surface area (Å²) >= 11 is 0. The highest BCUT2D eigenvalue weighted by Crippen LogP contribution is 2.13. The third-order valence-corrected chi connectivity index (χ3v) is 3.82. The summed E-state index contributed by atoms with van der Waals surface area (Å²) in [6, 6.07) is 0. The molecule has 1 unspecified atom stereocenters. The smallest absolute Gasteiger partial charge is 0.225 e. The first kappa shape index (κ1) is 21.2. The van der Waals surface area contributed by atoms with E-state index in [1.807, 2.05) is 20.8 Å². The van der Waals surface area contributed by atoms with Crippen molar-refractivity contribution in [2.75, 3.05) is 26.2 Å². The molecule has 1 aliphatic heterocycles. The van der Waals surface area contributed by atoms with Gasteiger partial charge in [-0.05, 0) is 44.7 Å². The minimum atomic E-state index is -0.365. The van der Waals surface area contributed by atoms with Gasteiger partial charge in [-0.1, -0.05) is 20.8 Å². The lowest BCUT2D eigenvalue weighted by molar-refractivity contribution is -0.128. The molecule has 2 amide bonds. The van der Waals surface area contributed by atoms with Gasteiger partial charge in [0.15, 0.2) is 0 Å². The topological polar surface area (TPSA) is 70.2 Å². The molecular weight excluding hydrogens is 302 g/mol. The van der Waals surface area contributed by atoms with Gasteiger partial charge in [0.1, 0.15) is 0 Å². The highest BCUT2D eigenvalue weighted by atomic mass is 35.5. The van der Waals surface area contributed by atoms with E-state index in [4.69, 9.17) is 0 Å². The summed E-state index contributed by atoms with van der Waals surface area (Å²) in [4.78, 5) is 23.3. The second kappa shape index (κ2) is 10.8. The lowest BCUT2D eigenvalue weighted by Gasteiger charge is -2.22. The predicted molar refractivity (Wildman–Crippen MR) is 92.2 cm³/mol. The van der Waals surface area contributed by atoms with Crippen LogP contribution in [0.3, 0.4) is 0 Å². The highest BCUT2D eigenvalue weighted by Gasteiger charge is 2.20. The monoisotopic (exact) mass is 333 g/mol. The number of hydrogen-bond acceptors (Lipinski definition) is 3. The number of rotatable bonds is 7. The molecule has 0 radical (unpaired) electrons. The Morgan fingerprint density at radius 1 is 1.18 bits per heavy atom. The second-order valence-corrected chi connectivity index (χ2v) is 6.96. The first-order valence-corrected chi connectivity index (χ1v) is 8.15. The van der Waals surface area contributed by atoms with Crippen LogP contribution >= 0.6 is 12.4 Å². The molecule has 0 aromatic rings. The molecule has 5 nitrogen and oxygen atoms in total. The fraction of sp³-hybridized carbons (Fsp3) is 0.875. The van der Waals surface area contributed by atoms with Crippen LogP contribution in [-0.4, -0.2) is 38.0 Å². The fourth-order valence-corrected chi connectivity index (χ4v) is 2.39. The molecule has 1 atom stereocenters. The first-order chi connectivity index (χ1) is 9.89. The molecule has 0 spiro atoms. The number of halogens is 1. The van der Waals surface area contributed by atoms with Gasteiger partial charge in [0.05, 0.1) is 0 Å². The molecule has 0 aromatic carbocycles. The molecule has 3 N–H and O–H groups in total. The molecule has 1 saturated heterocycles. The quantitative estimate of drug-likeness (QED) is 0.623. The van der Waals surface area contributed by atoms with Crippen LogP contribution in [0.15, 0.2) is 0 Å². The van der Waals surface area contributed by atoms with E-state index in [1.165, 1.54) is 12.8 Å². The Balaban J connectivity index is 0.00000441. The van der Waals surface area contributed by atoms with Crippen molar-refractivity contribution >= 4 is 24.2 Å². The van der Waals surface area contributed by atoms with Gasteiger partial charge >= 0.3 is 0 Å². The van der Waals surface area contributed by atoms with Crippen molar-refractivity contribution in [1.29, 1.82) is 0 Å². The van der Waals surface area contributed by atoms with Gasteiger partial charge in [0, 0.05) is 24.9 Å². The van der Waals surface area contributed by atoms with Gasteiger partial charge in [0.25, 0.3) is 0 Å². The van der Waals surface area contributed by atoms with Crippen molar-refractivity contribution in [3.63, 3.8) is 0 Å². The second-order valence-electron chi connectivity index (χ2n) is 6.96. The summed E-state index contributed by atoms with van der Waals surface area (Å²) in [5.41, 5.74) is -0.365. The van der Waals surface area contributed by atoms with E-state index < -0.39 is 0 Å². The van der Waals surface area contributed by atoms with Crippen LogP contribution in [0.1, 0.15) is 52.9 Å². The normalized spacial score (nSPS) is 18.2. The first-order valence-electron chi connectivity index (χ1n) is 8.15. The van der Waals surface area contributed by atoms with E-state index in [-0.39, 0.29) is 29.6 Å². The van der Waals surface area contributed by atoms with Crippen molar-refractivity contribution in [1.82, 2.24) is 16.0 Å². The Labute approximate surface area is 140 Å². The van der Waals surface area contributed by atoms with Gasteiger partial charge in [-0.2, -0.15) is 0 Å². The Hall–Kier alpha value is -0.810. The number of nitrogens with one attached hydrogen (secondary N) is 3. The maximum atomic E-state index is 11.7. The Bertz CT molecular complexity index is 337. The zero-order valence-electron chi connectivity index (χ0n) is 14.2. The SMILES string of the molecule is CC(C)(C)C(=O)NCCCC(=O)NCCC1CCCNC1.Cl. The van der Waals surface area contributed by atoms with Crippen molar-refractivity contribution in [2.24, 2.45) is 11.3 Å². The number of carbonyl (C=O) groups is 2. The van der Waals surface area contributed by atoms with Crippen LogP contribution < -0.4 is 16.0 Å². The van der Waals surface area contributed by atoms with Crippen molar-refractivity contribution < 1.29 is 9.59 Å². The Morgan fingerprint density at radius 2 is 1.91 bits per heavy atom.